The molecule has 0 fully saturated rings. The first-order valence-corrected chi connectivity index (χ1v) is 5.10. The number of allylic oxidation sites excluding steroid dienone is 2. The quantitative estimate of drug-likeness (QED) is 0.754. The second-order valence-electron chi connectivity index (χ2n) is 3.58. The molecule has 0 saturated heterocycles. The number of rotatable bonds is 2. The van der Waals surface area contributed by atoms with E-state index in [0.29, 0.717) is 17.7 Å². The van der Waals surface area contributed by atoms with Crippen LogP contribution in [-0.4, -0.2) is 24.8 Å². The third-order valence-electron chi connectivity index (χ3n) is 2.37. The molecule has 0 saturated carbocycles. The molecule has 1 aliphatic heterocycles. The highest BCUT2D eigenvalue weighted by atomic mass is 16.1. The Bertz CT molecular complexity index is 652. The van der Waals surface area contributed by atoms with Gasteiger partial charge in [0.15, 0.2) is 5.52 Å². The lowest BCUT2D eigenvalue weighted by atomic mass is 10.5. The van der Waals surface area contributed by atoms with Crippen molar-refractivity contribution in [1.82, 2.24) is 30.2 Å². The predicted octanol–water partition coefficient (Wildman–Crippen LogP) is -0.0753. The van der Waals surface area contributed by atoms with Crippen LogP contribution in [0.2, 0.25) is 0 Å². The Hall–Kier alpha value is -2.57. The molecule has 7 nitrogen and oxygen atoms in total. The summed E-state index contributed by atoms with van der Waals surface area (Å²) in [7, 11) is 0. The summed E-state index contributed by atoms with van der Waals surface area (Å²) < 4.78 is 1.66. The Morgan fingerprint density at radius 2 is 2.29 bits per heavy atom. The van der Waals surface area contributed by atoms with E-state index in [-0.39, 0.29) is 5.56 Å². The number of H-pyrrole nitrogens is 1. The largest absolute Gasteiger partial charge is 0.311 e. The topological polar surface area (TPSA) is 78.8 Å². The molecular formula is C10H10N6O. The summed E-state index contributed by atoms with van der Waals surface area (Å²) in [4.78, 5) is 18.0. The molecule has 0 unspecified atom stereocenters. The molecule has 2 aromatic rings. The Balaban J connectivity index is 1.91. The SMILES string of the molecule is O=c1[nH]cnc2cn(CN3C=CC=CN3)nc12. The fourth-order valence-electron chi connectivity index (χ4n) is 1.60. The van der Waals surface area contributed by atoms with Crippen LogP contribution >= 0.6 is 0 Å². The third kappa shape index (κ3) is 1.78. The number of aromatic amines is 1. The molecule has 2 aromatic heterocycles. The van der Waals surface area contributed by atoms with Gasteiger partial charge in [-0.05, 0) is 12.2 Å². The van der Waals surface area contributed by atoms with Crippen molar-refractivity contribution < 1.29 is 0 Å². The van der Waals surface area contributed by atoms with Crippen molar-refractivity contribution in [3.63, 3.8) is 0 Å². The van der Waals surface area contributed by atoms with Crippen LogP contribution < -0.4 is 11.0 Å². The zero-order valence-corrected chi connectivity index (χ0v) is 8.87. The molecule has 7 heteroatoms. The summed E-state index contributed by atoms with van der Waals surface area (Å²) >= 11 is 0. The van der Waals surface area contributed by atoms with Crippen molar-refractivity contribution in [2.45, 2.75) is 6.67 Å². The van der Waals surface area contributed by atoms with E-state index >= 15 is 0 Å². The molecule has 17 heavy (non-hydrogen) atoms. The lowest BCUT2D eigenvalue weighted by molar-refractivity contribution is 0.237. The minimum absolute atomic E-state index is 0.226. The molecule has 3 rings (SSSR count). The number of hydrazine groups is 1. The Morgan fingerprint density at radius 3 is 3.06 bits per heavy atom. The Morgan fingerprint density at radius 1 is 1.35 bits per heavy atom. The van der Waals surface area contributed by atoms with E-state index in [1.165, 1.54) is 6.33 Å². The van der Waals surface area contributed by atoms with Crippen molar-refractivity contribution >= 4 is 11.0 Å². The normalized spacial score (nSPS) is 14.2. The van der Waals surface area contributed by atoms with Crippen molar-refractivity contribution in [1.29, 1.82) is 0 Å². The van der Waals surface area contributed by atoms with E-state index in [2.05, 4.69) is 20.5 Å². The summed E-state index contributed by atoms with van der Waals surface area (Å²) in [5.74, 6) is 0. The highest BCUT2D eigenvalue weighted by Crippen LogP contribution is 2.04. The summed E-state index contributed by atoms with van der Waals surface area (Å²) in [6, 6.07) is 0. The molecule has 2 N–H and O–H groups in total. The molecule has 0 spiro atoms. The number of fused-ring (bicyclic) bond motifs is 1. The highest BCUT2D eigenvalue weighted by molar-refractivity contribution is 5.71. The summed E-state index contributed by atoms with van der Waals surface area (Å²) in [6.07, 6.45) is 10.6. The number of nitrogens with zero attached hydrogens (tertiary/aromatic N) is 4. The van der Waals surface area contributed by atoms with Gasteiger partial charge in [0, 0.05) is 12.4 Å². The first kappa shape index (κ1) is 9.64. The smallest absolute Gasteiger partial charge is 0.279 e. The van der Waals surface area contributed by atoms with Gasteiger partial charge in [-0.1, -0.05) is 0 Å². The van der Waals surface area contributed by atoms with Gasteiger partial charge in [0.2, 0.25) is 0 Å². The van der Waals surface area contributed by atoms with Gasteiger partial charge in [0.05, 0.1) is 12.5 Å². The molecule has 86 valence electrons. The summed E-state index contributed by atoms with van der Waals surface area (Å²) in [5, 5.41) is 6.01. The zero-order valence-electron chi connectivity index (χ0n) is 8.87. The molecule has 0 atom stereocenters. The minimum Gasteiger partial charge on any atom is -0.311 e. The zero-order chi connectivity index (χ0) is 11.7. The molecular weight excluding hydrogens is 220 g/mol. The van der Waals surface area contributed by atoms with Gasteiger partial charge in [-0.15, -0.1) is 0 Å². The van der Waals surface area contributed by atoms with Crippen molar-refractivity contribution in [2.24, 2.45) is 0 Å². The Kier molecular flexibility index (Phi) is 2.14. The molecule has 0 amide bonds. The molecule has 0 bridgehead atoms. The maximum Gasteiger partial charge on any atom is 0.279 e. The first-order chi connectivity index (χ1) is 8.33. The fourth-order valence-corrected chi connectivity index (χ4v) is 1.60. The highest BCUT2D eigenvalue weighted by Gasteiger charge is 2.07. The first-order valence-electron chi connectivity index (χ1n) is 5.10. The van der Waals surface area contributed by atoms with Crippen LogP contribution in [0.3, 0.4) is 0 Å². The standard InChI is InChI=1S/C10H10N6O/c17-10-9-8(11-6-12-10)5-16(14-9)7-15-4-2-1-3-13-15/h1-6,13H,7H2,(H,11,12,17). The predicted molar refractivity (Wildman–Crippen MR) is 61.4 cm³/mol. The molecule has 0 radical (unpaired) electrons. The number of aromatic nitrogens is 4. The summed E-state index contributed by atoms with van der Waals surface area (Å²) in [5.41, 5.74) is 3.74. The van der Waals surface area contributed by atoms with E-state index in [1.54, 1.807) is 10.9 Å². The van der Waals surface area contributed by atoms with E-state index in [9.17, 15) is 4.79 Å². The van der Waals surface area contributed by atoms with Crippen LogP contribution in [0.25, 0.3) is 11.0 Å². The van der Waals surface area contributed by atoms with Crippen LogP contribution in [0, 0.1) is 0 Å². The van der Waals surface area contributed by atoms with Gasteiger partial charge >= 0.3 is 0 Å². The average Bonchev–Trinajstić information content (AvgIpc) is 2.74. The van der Waals surface area contributed by atoms with E-state index in [0.717, 1.165) is 0 Å². The maximum absolute atomic E-state index is 11.5. The van der Waals surface area contributed by atoms with Gasteiger partial charge < -0.3 is 10.4 Å². The van der Waals surface area contributed by atoms with Crippen LogP contribution in [-0.2, 0) is 6.67 Å². The lowest BCUT2D eigenvalue weighted by Gasteiger charge is -2.21. The molecule has 1 aliphatic rings. The maximum atomic E-state index is 11.5. The van der Waals surface area contributed by atoms with E-state index < -0.39 is 0 Å². The van der Waals surface area contributed by atoms with Gasteiger partial charge in [0.1, 0.15) is 12.2 Å². The minimum atomic E-state index is -0.226. The third-order valence-corrected chi connectivity index (χ3v) is 2.37. The number of nitrogens with one attached hydrogen (secondary N) is 2. The Labute approximate surface area is 96.0 Å². The van der Waals surface area contributed by atoms with Crippen LogP contribution in [0.15, 0.2) is 41.9 Å². The van der Waals surface area contributed by atoms with Gasteiger partial charge in [-0.3, -0.25) is 9.80 Å². The number of hydrogen-bond donors (Lipinski definition) is 2. The van der Waals surface area contributed by atoms with Crippen molar-refractivity contribution in [3.8, 4) is 0 Å². The molecule has 0 aromatic carbocycles. The van der Waals surface area contributed by atoms with Crippen LogP contribution in [0.4, 0.5) is 0 Å². The average molecular weight is 230 g/mol. The van der Waals surface area contributed by atoms with Gasteiger partial charge in [-0.25, -0.2) is 9.67 Å². The molecule has 0 aliphatic carbocycles. The fraction of sp³-hybridized carbons (Fsp3) is 0.100. The van der Waals surface area contributed by atoms with Crippen LogP contribution in [0.1, 0.15) is 0 Å². The van der Waals surface area contributed by atoms with Crippen LogP contribution in [0.5, 0.6) is 0 Å². The van der Waals surface area contributed by atoms with Gasteiger partial charge in [0.25, 0.3) is 5.56 Å². The second-order valence-corrected chi connectivity index (χ2v) is 3.58. The second kappa shape index (κ2) is 3.78. The summed E-state index contributed by atoms with van der Waals surface area (Å²) in [6.45, 7) is 0.497. The van der Waals surface area contributed by atoms with E-state index in [1.807, 2.05) is 29.6 Å². The van der Waals surface area contributed by atoms with Crippen molar-refractivity contribution in [3.05, 3.63) is 47.4 Å². The monoisotopic (exact) mass is 230 g/mol. The lowest BCUT2D eigenvalue weighted by Crippen LogP contribution is -2.32. The molecule has 3 heterocycles. The van der Waals surface area contributed by atoms with E-state index in [4.69, 9.17) is 0 Å². The van der Waals surface area contributed by atoms with Gasteiger partial charge in [-0.2, -0.15) is 5.10 Å². The number of hydrogen-bond acceptors (Lipinski definition) is 5. The van der Waals surface area contributed by atoms with Crippen molar-refractivity contribution in [2.75, 3.05) is 0 Å².